The van der Waals surface area contributed by atoms with Gasteiger partial charge >= 0.3 is 6.03 Å². The minimum Gasteiger partial charge on any atom is -0.393 e. The maximum atomic E-state index is 11.9. The van der Waals surface area contributed by atoms with Crippen LogP contribution in [-0.4, -0.2) is 35.7 Å². The van der Waals surface area contributed by atoms with Gasteiger partial charge in [0.25, 0.3) is 0 Å². The van der Waals surface area contributed by atoms with Crippen LogP contribution in [0.15, 0.2) is 22.7 Å². The van der Waals surface area contributed by atoms with Crippen molar-refractivity contribution in [2.45, 2.75) is 26.4 Å². The van der Waals surface area contributed by atoms with E-state index in [-0.39, 0.29) is 6.03 Å². The first-order valence-corrected chi connectivity index (χ1v) is 6.65. The first-order chi connectivity index (χ1) is 8.40. The van der Waals surface area contributed by atoms with Gasteiger partial charge in [0.05, 0.1) is 6.10 Å². The standard InChI is InChI=1S/C13H19BrN2O2/c1-9-4-5-11(14)8-12(9)15-13(18)16(3)7-6-10(2)17/h4-5,8,10,17H,6-7H2,1-3H3,(H,15,18). The maximum Gasteiger partial charge on any atom is 0.321 e. The molecule has 0 heterocycles. The molecule has 1 unspecified atom stereocenters. The van der Waals surface area contributed by atoms with E-state index in [1.807, 2.05) is 25.1 Å². The highest BCUT2D eigenvalue weighted by Crippen LogP contribution is 2.20. The van der Waals surface area contributed by atoms with Crippen molar-refractivity contribution in [1.82, 2.24) is 4.90 Å². The summed E-state index contributed by atoms with van der Waals surface area (Å²) in [4.78, 5) is 13.5. The highest BCUT2D eigenvalue weighted by atomic mass is 79.9. The number of amides is 2. The van der Waals surface area contributed by atoms with E-state index >= 15 is 0 Å². The molecule has 1 aromatic rings. The number of urea groups is 1. The molecule has 18 heavy (non-hydrogen) atoms. The Hall–Kier alpha value is -1.07. The molecule has 2 amide bonds. The Balaban J connectivity index is 2.61. The minimum atomic E-state index is -0.396. The van der Waals surface area contributed by atoms with Crippen LogP contribution in [0.2, 0.25) is 0 Å². The molecular weight excluding hydrogens is 296 g/mol. The molecule has 0 fully saturated rings. The molecular formula is C13H19BrN2O2. The predicted molar refractivity (Wildman–Crippen MR) is 76.8 cm³/mol. The van der Waals surface area contributed by atoms with E-state index in [1.54, 1.807) is 18.9 Å². The van der Waals surface area contributed by atoms with Gasteiger partial charge in [0.1, 0.15) is 0 Å². The number of hydrogen-bond donors (Lipinski definition) is 2. The summed E-state index contributed by atoms with van der Waals surface area (Å²) in [6.07, 6.45) is 0.175. The summed E-state index contributed by atoms with van der Waals surface area (Å²) in [5, 5.41) is 12.0. The fourth-order valence-electron chi connectivity index (χ4n) is 1.42. The number of aryl methyl sites for hydroxylation is 1. The van der Waals surface area contributed by atoms with Gasteiger partial charge in [-0.1, -0.05) is 22.0 Å². The van der Waals surface area contributed by atoms with Crippen LogP contribution < -0.4 is 5.32 Å². The highest BCUT2D eigenvalue weighted by Gasteiger charge is 2.11. The number of carbonyl (C=O) groups excluding carboxylic acids is 1. The molecule has 0 aliphatic heterocycles. The average Bonchev–Trinajstić information content (AvgIpc) is 2.30. The van der Waals surface area contributed by atoms with Crippen LogP contribution in [0.25, 0.3) is 0 Å². The summed E-state index contributed by atoms with van der Waals surface area (Å²) in [5.41, 5.74) is 1.80. The Morgan fingerprint density at radius 3 is 2.83 bits per heavy atom. The van der Waals surface area contributed by atoms with E-state index in [0.717, 1.165) is 15.7 Å². The Morgan fingerprint density at radius 2 is 2.22 bits per heavy atom. The van der Waals surface area contributed by atoms with Gasteiger partial charge in [0, 0.05) is 23.8 Å². The summed E-state index contributed by atoms with van der Waals surface area (Å²) in [6.45, 7) is 4.18. The normalized spacial score (nSPS) is 12.1. The zero-order valence-corrected chi connectivity index (χ0v) is 12.5. The summed E-state index contributed by atoms with van der Waals surface area (Å²) in [6, 6.07) is 5.57. The first-order valence-electron chi connectivity index (χ1n) is 5.86. The van der Waals surface area contributed by atoms with Gasteiger partial charge in [0.15, 0.2) is 0 Å². The topological polar surface area (TPSA) is 52.6 Å². The molecule has 0 radical (unpaired) electrons. The highest BCUT2D eigenvalue weighted by molar-refractivity contribution is 9.10. The van der Waals surface area contributed by atoms with Crippen molar-refractivity contribution < 1.29 is 9.90 Å². The summed E-state index contributed by atoms with van der Waals surface area (Å²) in [5.74, 6) is 0. The zero-order valence-electron chi connectivity index (χ0n) is 10.9. The van der Waals surface area contributed by atoms with Crippen LogP contribution in [0.5, 0.6) is 0 Å². The van der Waals surface area contributed by atoms with E-state index in [0.29, 0.717) is 13.0 Å². The Labute approximate surface area is 116 Å². The third kappa shape index (κ3) is 4.66. The van der Waals surface area contributed by atoms with E-state index in [9.17, 15) is 9.90 Å². The number of nitrogens with one attached hydrogen (secondary N) is 1. The van der Waals surface area contributed by atoms with Crippen molar-refractivity contribution in [3.63, 3.8) is 0 Å². The third-order valence-corrected chi connectivity index (χ3v) is 3.16. The number of halogens is 1. The van der Waals surface area contributed by atoms with Gasteiger partial charge in [-0.05, 0) is 38.0 Å². The van der Waals surface area contributed by atoms with Gasteiger partial charge < -0.3 is 15.3 Å². The van der Waals surface area contributed by atoms with Crippen LogP contribution in [-0.2, 0) is 0 Å². The van der Waals surface area contributed by atoms with Crippen molar-refractivity contribution in [3.8, 4) is 0 Å². The number of rotatable bonds is 4. The molecule has 1 rings (SSSR count). The molecule has 4 nitrogen and oxygen atoms in total. The molecule has 5 heteroatoms. The molecule has 0 aliphatic carbocycles. The summed E-state index contributed by atoms with van der Waals surface area (Å²) in [7, 11) is 1.71. The molecule has 0 saturated carbocycles. The van der Waals surface area contributed by atoms with Crippen LogP contribution in [0.4, 0.5) is 10.5 Å². The average molecular weight is 315 g/mol. The lowest BCUT2D eigenvalue weighted by Crippen LogP contribution is -2.33. The van der Waals surface area contributed by atoms with Crippen molar-refractivity contribution in [3.05, 3.63) is 28.2 Å². The largest absolute Gasteiger partial charge is 0.393 e. The molecule has 1 aromatic carbocycles. The molecule has 0 bridgehead atoms. The molecule has 0 saturated heterocycles. The number of anilines is 1. The van der Waals surface area contributed by atoms with Gasteiger partial charge in [-0.25, -0.2) is 4.79 Å². The SMILES string of the molecule is Cc1ccc(Br)cc1NC(=O)N(C)CCC(C)O. The number of aliphatic hydroxyl groups excluding tert-OH is 1. The van der Waals surface area contributed by atoms with E-state index in [4.69, 9.17) is 0 Å². The smallest absolute Gasteiger partial charge is 0.321 e. The lowest BCUT2D eigenvalue weighted by atomic mass is 10.2. The zero-order chi connectivity index (χ0) is 13.7. The second-order valence-corrected chi connectivity index (χ2v) is 5.36. The first kappa shape index (κ1) is 15.0. The van der Waals surface area contributed by atoms with Gasteiger partial charge in [-0.15, -0.1) is 0 Å². The van der Waals surface area contributed by atoms with Crippen molar-refractivity contribution in [2.24, 2.45) is 0 Å². The fraction of sp³-hybridized carbons (Fsp3) is 0.462. The third-order valence-electron chi connectivity index (χ3n) is 2.67. The Morgan fingerprint density at radius 1 is 1.56 bits per heavy atom. The van der Waals surface area contributed by atoms with Crippen molar-refractivity contribution >= 4 is 27.6 Å². The van der Waals surface area contributed by atoms with Crippen LogP contribution in [0.3, 0.4) is 0 Å². The molecule has 0 aromatic heterocycles. The molecule has 100 valence electrons. The lowest BCUT2D eigenvalue weighted by Gasteiger charge is -2.19. The summed E-state index contributed by atoms with van der Waals surface area (Å²) < 4.78 is 0.926. The second kappa shape index (κ2) is 6.75. The molecule has 2 N–H and O–H groups in total. The second-order valence-electron chi connectivity index (χ2n) is 4.45. The van der Waals surface area contributed by atoms with E-state index < -0.39 is 6.10 Å². The predicted octanol–water partition coefficient (Wildman–Crippen LogP) is 2.99. The lowest BCUT2D eigenvalue weighted by molar-refractivity contribution is 0.167. The van der Waals surface area contributed by atoms with Crippen molar-refractivity contribution in [1.29, 1.82) is 0 Å². The van der Waals surface area contributed by atoms with Crippen LogP contribution >= 0.6 is 15.9 Å². The van der Waals surface area contributed by atoms with Gasteiger partial charge in [-0.3, -0.25) is 0 Å². The number of aliphatic hydroxyl groups is 1. The fourth-order valence-corrected chi connectivity index (χ4v) is 1.78. The number of nitrogens with zero attached hydrogens (tertiary/aromatic N) is 1. The number of carbonyl (C=O) groups is 1. The Bertz CT molecular complexity index is 421. The maximum absolute atomic E-state index is 11.9. The van der Waals surface area contributed by atoms with E-state index in [2.05, 4.69) is 21.2 Å². The van der Waals surface area contributed by atoms with Crippen molar-refractivity contribution in [2.75, 3.05) is 18.9 Å². The quantitative estimate of drug-likeness (QED) is 0.897. The number of hydrogen-bond acceptors (Lipinski definition) is 2. The molecule has 0 aliphatic rings. The van der Waals surface area contributed by atoms with Gasteiger partial charge in [-0.2, -0.15) is 0 Å². The molecule has 1 atom stereocenters. The van der Waals surface area contributed by atoms with E-state index in [1.165, 1.54) is 0 Å². The minimum absolute atomic E-state index is 0.170. The molecule has 0 spiro atoms. The summed E-state index contributed by atoms with van der Waals surface area (Å²) >= 11 is 3.38. The number of benzene rings is 1. The monoisotopic (exact) mass is 314 g/mol. The Kier molecular flexibility index (Phi) is 5.62. The van der Waals surface area contributed by atoms with Gasteiger partial charge in [0.2, 0.25) is 0 Å². The van der Waals surface area contributed by atoms with Crippen LogP contribution in [0.1, 0.15) is 18.9 Å². The van der Waals surface area contributed by atoms with Crippen LogP contribution in [0, 0.1) is 6.92 Å².